The summed E-state index contributed by atoms with van der Waals surface area (Å²) in [6, 6.07) is 3.76. The highest BCUT2D eigenvalue weighted by Crippen LogP contribution is 2.26. The van der Waals surface area contributed by atoms with Gasteiger partial charge in [0, 0.05) is 12.1 Å². The van der Waals surface area contributed by atoms with Gasteiger partial charge in [0.05, 0.1) is 6.07 Å². The van der Waals surface area contributed by atoms with E-state index in [4.69, 9.17) is 0 Å². The fraction of sp³-hybridized carbons (Fsp3) is 0.938. The van der Waals surface area contributed by atoms with Crippen molar-refractivity contribution in [3.05, 3.63) is 0 Å². The highest BCUT2D eigenvalue weighted by atomic mass is 15.1. The van der Waals surface area contributed by atoms with Crippen LogP contribution in [0.5, 0.6) is 0 Å². The second-order valence-corrected chi connectivity index (χ2v) is 6.20. The molecule has 1 aliphatic rings. The van der Waals surface area contributed by atoms with Gasteiger partial charge >= 0.3 is 0 Å². The normalized spacial score (nSPS) is 18.6. The summed E-state index contributed by atoms with van der Waals surface area (Å²) in [6.45, 7) is 11.2. The predicted molar refractivity (Wildman–Crippen MR) is 81.0 cm³/mol. The lowest BCUT2D eigenvalue weighted by Crippen LogP contribution is -2.45. The molecule has 1 atom stereocenters. The van der Waals surface area contributed by atoms with Crippen LogP contribution in [0, 0.1) is 11.3 Å². The molecule has 1 saturated carbocycles. The van der Waals surface area contributed by atoms with Crippen molar-refractivity contribution in [1.29, 1.82) is 5.26 Å². The second-order valence-electron chi connectivity index (χ2n) is 6.20. The summed E-state index contributed by atoms with van der Waals surface area (Å²) < 4.78 is 0. The van der Waals surface area contributed by atoms with Crippen molar-refractivity contribution in [2.75, 3.05) is 13.1 Å². The molecule has 0 aliphatic heterocycles. The van der Waals surface area contributed by atoms with E-state index in [1.807, 2.05) is 0 Å². The number of nitrogens with one attached hydrogen (secondary N) is 1. The summed E-state index contributed by atoms with van der Waals surface area (Å²) in [4.78, 5) is 2.52. The monoisotopic (exact) mass is 265 g/mol. The number of nitriles is 1. The van der Waals surface area contributed by atoms with E-state index in [2.05, 4.69) is 44.0 Å². The highest BCUT2D eigenvalue weighted by Gasteiger charge is 2.34. The molecule has 0 radical (unpaired) electrons. The Morgan fingerprint density at radius 3 is 2.42 bits per heavy atom. The zero-order valence-electron chi connectivity index (χ0n) is 13.2. The zero-order chi connectivity index (χ0) is 14.3. The van der Waals surface area contributed by atoms with E-state index >= 15 is 0 Å². The fourth-order valence-electron chi connectivity index (χ4n) is 2.64. The molecule has 0 aromatic carbocycles. The zero-order valence-corrected chi connectivity index (χ0v) is 13.2. The number of rotatable bonds is 10. The third kappa shape index (κ3) is 5.50. The molecule has 0 aromatic rings. The molecule has 0 aromatic heterocycles. The smallest absolute Gasteiger partial charge is 0.106 e. The standard InChI is InChI=1S/C16H31N3/c1-5-11-19(14(3)4)12-7-10-16(6-2,13-17)18-15-8-9-15/h14-15,18H,5-12H2,1-4H3. The van der Waals surface area contributed by atoms with Gasteiger partial charge in [-0.1, -0.05) is 13.8 Å². The summed E-state index contributed by atoms with van der Waals surface area (Å²) in [5.41, 5.74) is -0.282. The maximum atomic E-state index is 9.50. The first-order valence-corrected chi connectivity index (χ1v) is 8.00. The van der Waals surface area contributed by atoms with Crippen molar-refractivity contribution < 1.29 is 0 Å². The number of nitrogens with zero attached hydrogens (tertiary/aromatic N) is 2. The number of hydrogen-bond donors (Lipinski definition) is 1. The summed E-state index contributed by atoms with van der Waals surface area (Å²) in [6.07, 6.45) is 6.70. The molecular weight excluding hydrogens is 234 g/mol. The number of hydrogen-bond acceptors (Lipinski definition) is 3. The lowest BCUT2D eigenvalue weighted by molar-refractivity contribution is 0.208. The molecule has 19 heavy (non-hydrogen) atoms. The van der Waals surface area contributed by atoms with Gasteiger partial charge in [-0.15, -0.1) is 0 Å². The lowest BCUT2D eigenvalue weighted by atomic mass is 9.91. The van der Waals surface area contributed by atoms with Crippen molar-refractivity contribution in [1.82, 2.24) is 10.2 Å². The molecule has 3 heteroatoms. The average molecular weight is 265 g/mol. The fourth-order valence-corrected chi connectivity index (χ4v) is 2.64. The van der Waals surface area contributed by atoms with Crippen molar-refractivity contribution >= 4 is 0 Å². The molecule has 1 unspecified atom stereocenters. The van der Waals surface area contributed by atoms with Crippen LogP contribution in [-0.4, -0.2) is 35.6 Å². The van der Waals surface area contributed by atoms with Gasteiger partial charge in [0.15, 0.2) is 0 Å². The predicted octanol–water partition coefficient (Wildman–Crippen LogP) is 3.31. The van der Waals surface area contributed by atoms with E-state index in [1.165, 1.54) is 25.8 Å². The molecule has 0 bridgehead atoms. The van der Waals surface area contributed by atoms with Gasteiger partial charge in [0.2, 0.25) is 0 Å². The molecule has 1 N–H and O–H groups in total. The van der Waals surface area contributed by atoms with Crippen LogP contribution in [0.4, 0.5) is 0 Å². The Morgan fingerprint density at radius 1 is 1.32 bits per heavy atom. The Hall–Kier alpha value is -0.590. The Kier molecular flexibility index (Phi) is 6.82. The molecular formula is C16H31N3. The molecule has 110 valence electrons. The van der Waals surface area contributed by atoms with Crippen molar-refractivity contribution in [2.45, 2.75) is 83.8 Å². The minimum absolute atomic E-state index is 0.282. The van der Waals surface area contributed by atoms with Crippen LogP contribution in [0.3, 0.4) is 0 Å². The topological polar surface area (TPSA) is 39.1 Å². The van der Waals surface area contributed by atoms with Crippen molar-refractivity contribution in [3.8, 4) is 6.07 Å². The first-order chi connectivity index (χ1) is 9.06. The largest absolute Gasteiger partial charge is 0.301 e. The SMILES string of the molecule is CCCN(CCCC(C#N)(CC)NC1CC1)C(C)C. The van der Waals surface area contributed by atoms with E-state index < -0.39 is 0 Å². The van der Waals surface area contributed by atoms with Crippen LogP contribution >= 0.6 is 0 Å². The van der Waals surface area contributed by atoms with Crippen LogP contribution in [0.25, 0.3) is 0 Å². The van der Waals surface area contributed by atoms with Crippen molar-refractivity contribution in [2.24, 2.45) is 0 Å². The first-order valence-electron chi connectivity index (χ1n) is 8.00. The van der Waals surface area contributed by atoms with Gasteiger partial charge in [0.1, 0.15) is 5.54 Å². The summed E-state index contributed by atoms with van der Waals surface area (Å²) in [5, 5.41) is 13.1. The average Bonchev–Trinajstić information content (AvgIpc) is 3.20. The van der Waals surface area contributed by atoms with Gasteiger partial charge in [-0.2, -0.15) is 5.26 Å². The second kappa shape index (κ2) is 7.87. The van der Waals surface area contributed by atoms with E-state index in [-0.39, 0.29) is 5.54 Å². The lowest BCUT2D eigenvalue weighted by Gasteiger charge is -2.30. The molecule has 0 amide bonds. The van der Waals surface area contributed by atoms with Crippen LogP contribution in [0.15, 0.2) is 0 Å². The van der Waals surface area contributed by atoms with Crippen LogP contribution in [0.2, 0.25) is 0 Å². The van der Waals surface area contributed by atoms with Crippen LogP contribution in [-0.2, 0) is 0 Å². The highest BCUT2D eigenvalue weighted by molar-refractivity contribution is 5.09. The molecule has 1 aliphatic carbocycles. The quantitative estimate of drug-likeness (QED) is 0.658. The Balaban J connectivity index is 2.40. The molecule has 0 heterocycles. The first kappa shape index (κ1) is 16.5. The third-order valence-electron chi connectivity index (χ3n) is 4.17. The maximum absolute atomic E-state index is 9.50. The molecule has 1 fully saturated rings. The molecule has 0 spiro atoms. The van der Waals surface area contributed by atoms with E-state index in [0.29, 0.717) is 12.1 Å². The Bertz CT molecular complexity index is 291. The van der Waals surface area contributed by atoms with E-state index in [9.17, 15) is 5.26 Å². The van der Waals surface area contributed by atoms with E-state index in [0.717, 1.165) is 25.8 Å². The van der Waals surface area contributed by atoms with Crippen molar-refractivity contribution in [3.63, 3.8) is 0 Å². The van der Waals surface area contributed by atoms with E-state index in [1.54, 1.807) is 0 Å². The Morgan fingerprint density at radius 2 is 2.00 bits per heavy atom. The van der Waals surface area contributed by atoms with Crippen LogP contribution < -0.4 is 5.32 Å². The van der Waals surface area contributed by atoms with Gasteiger partial charge in [-0.05, 0) is 65.5 Å². The summed E-state index contributed by atoms with van der Waals surface area (Å²) >= 11 is 0. The third-order valence-corrected chi connectivity index (χ3v) is 4.17. The van der Waals surface area contributed by atoms with Crippen LogP contribution in [0.1, 0.15) is 66.2 Å². The molecule has 0 saturated heterocycles. The van der Waals surface area contributed by atoms with Gasteiger partial charge in [-0.25, -0.2) is 0 Å². The maximum Gasteiger partial charge on any atom is 0.106 e. The minimum atomic E-state index is -0.282. The van der Waals surface area contributed by atoms with Gasteiger partial charge in [-0.3, -0.25) is 5.32 Å². The summed E-state index contributed by atoms with van der Waals surface area (Å²) in [7, 11) is 0. The molecule has 1 rings (SSSR count). The summed E-state index contributed by atoms with van der Waals surface area (Å²) in [5.74, 6) is 0. The minimum Gasteiger partial charge on any atom is -0.301 e. The Labute approximate surface area is 119 Å². The van der Waals surface area contributed by atoms with Gasteiger partial charge < -0.3 is 4.90 Å². The molecule has 3 nitrogen and oxygen atoms in total. The van der Waals surface area contributed by atoms with Gasteiger partial charge in [0.25, 0.3) is 0 Å².